The molecule has 2 amide bonds. The van der Waals surface area contributed by atoms with Crippen molar-refractivity contribution in [2.45, 2.75) is 37.8 Å². The molecule has 2 aromatic carbocycles. The lowest BCUT2D eigenvalue weighted by molar-refractivity contribution is -0.125. The fourth-order valence-corrected chi connectivity index (χ4v) is 4.04. The van der Waals surface area contributed by atoms with E-state index in [-0.39, 0.29) is 11.9 Å². The number of nitrogens with zero attached hydrogens (tertiary/aromatic N) is 1. The van der Waals surface area contributed by atoms with Crippen molar-refractivity contribution in [2.75, 3.05) is 18.1 Å². The van der Waals surface area contributed by atoms with Crippen LogP contribution in [-0.4, -0.2) is 31.1 Å². The maximum absolute atomic E-state index is 13.4. The number of hydrogen-bond donors (Lipinski definition) is 1. The Morgan fingerprint density at radius 2 is 1.73 bits per heavy atom. The minimum atomic E-state index is -0.891. The first kappa shape index (κ1) is 19.8. The van der Waals surface area contributed by atoms with E-state index in [1.165, 1.54) is 4.90 Å². The van der Waals surface area contributed by atoms with Gasteiger partial charge in [0.15, 0.2) is 11.5 Å². The van der Waals surface area contributed by atoms with Gasteiger partial charge in [-0.3, -0.25) is 14.5 Å². The van der Waals surface area contributed by atoms with E-state index in [0.717, 1.165) is 25.7 Å². The normalized spacial score (nSPS) is 16.4. The van der Waals surface area contributed by atoms with E-state index in [2.05, 4.69) is 11.2 Å². The number of nitrogens with one attached hydrogen (secondary N) is 1. The number of hydrogen-bond acceptors (Lipinski definition) is 4. The minimum Gasteiger partial charge on any atom is -0.486 e. The van der Waals surface area contributed by atoms with Gasteiger partial charge in [-0.1, -0.05) is 43.2 Å². The molecule has 2 aromatic rings. The first-order valence-corrected chi connectivity index (χ1v) is 10.2. The average Bonchev–Trinajstić information content (AvgIpc) is 3.30. The molecule has 0 bridgehead atoms. The van der Waals surface area contributed by atoms with Crippen molar-refractivity contribution in [3.63, 3.8) is 0 Å². The first-order valence-electron chi connectivity index (χ1n) is 10.2. The number of fused-ring (bicyclic) bond motifs is 1. The minimum absolute atomic E-state index is 0.117. The van der Waals surface area contributed by atoms with Crippen LogP contribution < -0.4 is 19.7 Å². The van der Waals surface area contributed by atoms with Gasteiger partial charge < -0.3 is 14.8 Å². The van der Waals surface area contributed by atoms with Gasteiger partial charge in [0.2, 0.25) is 5.91 Å². The smallest absolute Gasteiger partial charge is 0.303 e. The molecule has 4 rings (SSSR count). The summed E-state index contributed by atoms with van der Waals surface area (Å²) in [6, 6.07) is 13.6. The molecule has 1 unspecified atom stereocenters. The van der Waals surface area contributed by atoms with Crippen LogP contribution in [0.3, 0.4) is 0 Å². The fraction of sp³-hybridized carbons (Fsp3) is 0.333. The van der Waals surface area contributed by atoms with Gasteiger partial charge in [0, 0.05) is 17.8 Å². The molecular formula is C24H24N2O4. The molecule has 1 saturated carbocycles. The van der Waals surface area contributed by atoms with Crippen LogP contribution in [0.2, 0.25) is 0 Å². The zero-order valence-electron chi connectivity index (χ0n) is 16.7. The molecule has 1 aliphatic carbocycles. The Morgan fingerprint density at radius 1 is 1.03 bits per heavy atom. The van der Waals surface area contributed by atoms with Gasteiger partial charge in [0.1, 0.15) is 19.3 Å². The predicted octanol–water partition coefficient (Wildman–Crippen LogP) is 3.22. The van der Waals surface area contributed by atoms with Gasteiger partial charge in [-0.25, -0.2) is 0 Å². The van der Waals surface area contributed by atoms with Crippen molar-refractivity contribution in [1.82, 2.24) is 5.32 Å². The summed E-state index contributed by atoms with van der Waals surface area (Å²) in [4.78, 5) is 27.6. The fourth-order valence-electron chi connectivity index (χ4n) is 4.04. The van der Waals surface area contributed by atoms with Gasteiger partial charge in [-0.05, 0) is 36.5 Å². The zero-order chi connectivity index (χ0) is 20.9. The third kappa shape index (κ3) is 4.11. The van der Waals surface area contributed by atoms with Gasteiger partial charge in [-0.2, -0.15) is 0 Å². The van der Waals surface area contributed by atoms with E-state index in [1.807, 2.05) is 30.3 Å². The molecule has 1 fully saturated rings. The topological polar surface area (TPSA) is 67.9 Å². The van der Waals surface area contributed by atoms with E-state index in [0.29, 0.717) is 36.0 Å². The lowest BCUT2D eigenvalue weighted by Crippen LogP contribution is -2.46. The third-order valence-electron chi connectivity index (χ3n) is 5.47. The highest BCUT2D eigenvalue weighted by Gasteiger charge is 2.34. The number of ether oxygens (including phenoxy) is 2. The Morgan fingerprint density at radius 3 is 2.43 bits per heavy atom. The van der Waals surface area contributed by atoms with Crippen molar-refractivity contribution in [1.29, 1.82) is 0 Å². The highest BCUT2D eigenvalue weighted by molar-refractivity contribution is 6.09. The summed E-state index contributed by atoms with van der Waals surface area (Å²) >= 11 is 0. The summed E-state index contributed by atoms with van der Waals surface area (Å²) in [6.45, 7) is 0.888. The molecule has 30 heavy (non-hydrogen) atoms. The monoisotopic (exact) mass is 404 g/mol. The van der Waals surface area contributed by atoms with E-state index in [1.54, 1.807) is 18.2 Å². The predicted molar refractivity (Wildman–Crippen MR) is 113 cm³/mol. The standard InChI is InChI=1S/C24H24N2O4/c1-2-22(27)26(19-12-13-20-21(16-19)30-15-14-29-20)23(17-8-4-3-5-9-17)24(28)25-18-10-6-7-11-18/h1,3-5,8-9,12-13,16,18,23H,6-7,10-11,14-15H2,(H,25,28). The van der Waals surface area contributed by atoms with Crippen LogP contribution >= 0.6 is 0 Å². The summed E-state index contributed by atoms with van der Waals surface area (Å²) in [5.74, 6) is 2.46. The largest absolute Gasteiger partial charge is 0.486 e. The highest BCUT2D eigenvalue weighted by atomic mass is 16.6. The number of anilines is 1. The Bertz CT molecular complexity index is 961. The van der Waals surface area contributed by atoms with Crippen LogP contribution in [0.25, 0.3) is 0 Å². The number of carbonyl (C=O) groups is 2. The lowest BCUT2D eigenvalue weighted by Gasteiger charge is -2.31. The van der Waals surface area contributed by atoms with Crippen molar-refractivity contribution < 1.29 is 19.1 Å². The van der Waals surface area contributed by atoms with E-state index >= 15 is 0 Å². The van der Waals surface area contributed by atoms with Crippen molar-refractivity contribution in [3.05, 3.63) is 54.1 Å². The van der Waals surface area contributed by atoms with Crippen molar-refractivity contribution in [2.24, 2.45) is 0 Å². The summed E-state index contributed by atoms with van der Waals surface area (Å²) in [5.41, 5.74) is 1.17. The Balaban J connectivity index is 1.75. The van der Waals surface area contributed by atoms with Gasteiger partial charge in [0.05, 0.1) is 0 Å². The van der Waals surface area contributed by atoms with Crippen LogP contribution in [0.4, 0.5) is 5.69 Å². The summed E-state index contributed by atoms with van der Waals surface area (Å²) in [7, 11) is 0. The second kappa shape index (κ2) is 8.91. The quantitative estimate of drug-likeness (QED) is 0.777. The van der Waals surface area contributed by atoms with Crippen LogP contribution in [0.5, 0.6) is 11.5 Å². The number of carbonyl (C=O) groups excluding carboxylic acids is 2. The van der Waals surface area contributed by atoms with Crippen LogP contribution in [0.15, 0.2) is 48.5 Å². The number of rotatable bonds is 5. The molecular weight excluding hydrogens is 380 g/mol. The molecule has 154 valence electrons. The molecule has 1 aliphatic heterocycles. The molecule has 6 nitrogen and oxygen atoms in total. The molecule has 1 N–H and O–H groups in total. The van der Waals surface area contributed by atoms with E-state index < -0.39 is 11.9 Å². The Labute approximate surface area is 176 Å². The van der Waals surface area contributed by atoms with Crippen molar-refractivity contribution in [3.8, 4) is 23.8 Å². The van der Waals surface area contributed by atoms with Gasteiger partial charge in [0.25, 0.3) is 0 Å². The van der Waals surface area contributed by atoms with Gasteiger partial charge in [-0.15, -0.1) is 6.42 Å². The highest BCUT2D eigenvalue weighted by Crippen LogP contribution is 2.37. The van der Waals surface area contributed by atoms with Crippen LogP contribution in [-0.2, 0) is 9.59 Å². The molecule has 0 aromatic heterocycles. The zero-order valence-corrected chi connectivity index (χ0v) is 16.7. The molecule has 0 spiro atoms. The number of terminal acetylenes is 1. The Kier molecular flexibility index (Phi) is 5.89. The maximum atomic E-state index is 13.4. The van der Waals surface area contributed by atoms with Crippen molar-refractivity contribution >= 4 is 17.5 Å². The summed E-state index contributed by atoms with van der Waals surface area (Å²) in [6.07, 6.45) is 9.58. The van der Waals surface area contributed by atoms with Gasteiger partial charge >= 0.3 is 5.91 Å². The SMILES string of the molecule is C#CC(=O)N(c1ccc2c(c1)OCCO2)C(C(=O)NC1CCCC1)c1ccccc1. The first-order chi connectivity index (χ1) is 14.7. The van der Waals surface area contributed by atoms with E-state index in [9.17, 15) is 9.59 Å². The molecule has 1 heterocycles. The lowest BCUT2D eigenvalue weighted by atomic mass is 10.0. The second-order valence-electron chi connectivity index (χ2n) is 7.45. The Hall–Kier alpha value is -3.46. The second-order valence-corrected chi connectivity index (χ2v) is 7.45. The maximum Gasteiger partial charge on any atom is 0.303 e. The number of benzene rings is 2. The third-order valence-corrected chi connectivity index (χ3v) is 5.47. The molecule has 6 heteroatoms. The summed E-state index contributed by atoms with van der Waals surface area (Å²) in [5, 5.41) is 3.11. The molecule has 1 atom stereocenters. The number of amides is 2. The van der Waals surface area contributed by atoms with Crippen LogP contribution in [0, 0.1) is 12.3 Å². The van der Waals surface area contributed by atoms with E-state index in [4.69, 9.17) is 15.9 Å². The molecule has 2 aliphatic rings. The summed E-state index contributed by atoms with van der Waals surface area (Å²) < 4.78 is 11.2. The molecule has 0 saturated heterocycles. The molecule has 0 radical (unpaired) electrons. The average molecular weight is 404 g/mol. The van der Waals surface area contributed by atoms with Crippen LogP contribution in [0.1, 0.15) is 37.3 Å².